The maximum atomic E-state index is 12.6. The van der Waals surface area contributed by atoms with E-state index < -0.39 is 17.9 Å². The van der Waals surface area contributed by atoms with Gasteiger partial charge in [0.05, 0.1) is 6.04 Å². The van der Waals surface area contributed by atoms with Crippen molar-refractivity contribution in [2.75, 3.05) is 0 Å². The van der Waals surface area contributed by atoms with Crippen LogP contribution in [-0.4, -0.2) is 18.0 Å². The van der Waals surface area contributed by atoms with Gasteiger partial charge in [-0.25, -0.2) is 4.79 Å². The minimum absolute atomic E-state index is 0.173. The number of nitrogens with one attached hydrogen (secondary N) is 2. The van der Waals surface area contributed by atoms with Gasteiger partial charge in [-0.1, -0.05) is 79.4 Å². The van der Waals surface area contributed by atoms with E-state index in [1.54, 1.807) is 6.08 Å². The molecule has 5 nitrogen and oxygen atoms in total. The van der Waals surface area contributed by atoms with Crippen LogP contribution in [0.3, 0.4) is 0 Å². The number of carbonyl (C=O) groups excluding carboxylic acids is 2. The van der Waals surface area contributed by atoms with Gasteiger partial charge in [-0.2, -0.15) is 0 Å². The first kappa shape index (κ1) is 17.5. The molecule has 2 aromatic rings. The van der Waals surface area contributed by atoms with Crippen molar-refractivity contribution in [3.05, 3.63) is 90.1 Å². The predicted octanol–water partition coefficient (Wildman–Crippen LogP) is 3.25. The monoisotopic (exact) mass is 348 g/mol. The van der Waals surface area contributed by atoms with Crippen LogP contribution in [0, 0.1) is 5.92 Å². The normalized spacial score (nSPS) is 19.7. The third-order valence-electron chi connectivity index (χ3n) is 4.08. The van der Waals surface area contributed by atoms with Crippen molar-refractivity contribution in [2.24, 2.45) is 5.92 Å². The fraction of sp³-hybridized carbons (Fsp3) is 0.143. The highest BCUT2D eigenvalue weighted by Gasteiger charge is 2.36. The molecular weight excluding hydrogens is 328 g/mol. The molecule has 0 unspecified atom stereocenters. The van der Waals surface area contributed by atoms with Gasteiger partial charge in [0.15, 0.2) is 0 Å². The van der Waals surface area contributed by atoms with E-state index in [-0.39, 0.29) is 12.6 Å². The minimum atomic E-state index is -0.698. The average Bonchev–Trinajstić information content (AvgIpc) is 2.66. The number of ether oxygens (including phenoxy) is 1. The largest absolute Gasteiger partial charge is 0.460 e. The summed E-state index contributed by atoms with van der Waals surface area (Å²) in [5, 5.41) is 5.31. The highest BCUT2D eigenvalue weighted by molar-refractivity contribution is 5.85. The summed E-state index contributed by atoms with van der Waals surface area (Å²) in [6, 6.07) is 18.2. The topological polar surface area (TPSA) is 67.4 Å². The fourth-order valence-electron chi connectivity index (χ4n) is 2.76. The van der Waals surface area contributed by atoms with Crippen LogP contribution in [-0.2, 0) is 16.1 Å². The zero-order valence-electron chi connectivity index (χ0n) is 14.2. The molecule has 2 N–H and O–H groups in total. The van der Waals surface area contributed by atoms with Crippen molar-refractivity contribution in [2.45, 2.75) is 12.6 Å². The fourth-order valence-corrected chi connectivity index (χ4v) is 2.76. The minimum Gasteiger partial charge on any atom is -0.460 e. The lowest BCUT2D eigenvalue weighted by molar-refractivity contribution is -0.149. The molecule has 0 spiro atoms. The summed E-state index contributed by atoms with van der Waals surface area (Å²) in [5.74, 6) is -1.13. The summed E-state index contributed by atoms with van der Waals surface area (Å²) in [5.41, 5.74) is 2.20. The van der Waals surface area contributed by atoms with Gasteiger partial charge >= 0.3 is 12.0 Å². The number of urea groups is 1. The van der Waals surface area contributed by atoms with Gasteiger partial charge in [-0.3, -0.25) is 4.79 Å². The summed E-state index contributed by atoms with van der Waals surface area (Å²) >= 11 is 0. The Morgan fingerprint density at radius 1 is 1.08 bits per heavy atom. The first-order valence-corrected chi connectivity index (χ1v) is 8.33. The van der Waals surface area contributed by atoms with E-state index in [4.69, 9.17) is 4.74 Å². The lowest BCUT2D eigenvalue weighted by Gasteiger charge is -2.31. The molecule has 0 aliphatic carbocycles. The van der Waals surface area contributed by atoms with Gasteiger partial charge in [-0.15, -0.1) is 0 Å². The van der Waals surface area contributed by atoms with Gasteiger partial charge in [0, 0.05) is 5.70 Å². The molecular formula is C21H20N2O3. The van der Waals surface area contributed by atoms with Crippen molar-refractivity contribution >= 4 is 18.1 Å². The molecule has 0 aromatic heterocycles. The van der Waals surface area contributed by atoms with Crippen LogP contribution in [0.1, 0.15) is 11.1 Å². The van der Waals surface area contributed by atoms with Crippen LogP contribution < -0.4 is 10.6 Å². The first-order valence-electron chi connectivity index (χ1n) is 8.33. The smallest absolute Gasteiger partial charge is 0.319 e. The van der Waals surface area contributed by atoms with Crippen molar-refractivity contribution in [1.82, 2.24) is 10.6 Å². The molecule has 2 atom stereocenters. The number of rotatable bonds is 5. The predicted molar refractivity (Wildman–Crippen MR) is 99.8 cm³/mol. The SMILES string of the molecule is C=C1NC(=O)N[C@@H](/C=C/c2ccccc2)[C@@H]1C(=O)OCc1ccccc1. The second-order valence-electron chi connectivity index (χ2n) is 5.99. The molecule has 1 aliphatic heterocycles. The molecule has 2 aromatic carbocycles. The molecule has 0 bridgehead atoms. The van der Waals surface area contributed by atoms with E-state index >= 15 is 0 Å². The van der Waals surface area contributed by atoms with Gasteiger partial charge in [0.1, 0.15) is 12.5 Å². The summed E-state index contributed by atoms with van der Waals surface area (Å²) in [6.07, 6.45) is 3.65. The Kier molecular flexibility index (Phi) is 5.49. The maximum absolute atomic E-state index is 12.6. The third kappa shape index (κ3) is 4.39. The molecule has 2 amide bonds. The lowest BCUT2D eigenvalue weighted by Crippen LogP contribution is -2.55. The van der Waals surface area contributed by atoms with Gasteiger partial charge < -0.3 is 15.4 Å². The number of benzene rings is 2. The Morgan fingerprint density at radius 2 is 1.73 bits per heavy atom. The van der Waals surface area contributed by atoms with Crippen LogP contribution in [0.5, 0.6) is 0 Å². The standard InChI is InChI=1S/C21H20N2O3/c1-15-19(20(24)26-14-17-10-6-3-7-11-17)18(23-21(25)22-15)13-12-16-8-4-2-5-9-16/h2-13,18-19H,1,14H2,(H2,22,23,25)/b13-12+/t18-,19+/m0/s1. The maximum Gasteiger partial charge on any atom is 0.319 e. The summed E-state index contributed by atoms with van der Waals surface area (Å²) in [4.78, 5) is 24.4. The van der Waals surface area contributed by atoms with Crippen LogP contribution in [0.25, 0.3) is 6.08 Å². The molecule has 5 heteroatoms. The Morgan fingerprint density at radius 3 is 2.42 bits per heavy atom. The van der Waals surface area contributed by atoms with Crippen molar-refractivity contribution < 1.29 is 14.3 Å². The van der Waals surface area contributed by atoms with Gasteiger partial charge in [0.25, 0.3) is 0 Å². The van der Waals surface area contributed by atoms with Gasteiger partial charge in [0.2, 0.25) is 0 Å². The summed E-state index contributed by atoms with van der Waals surface area (Å²) < 4.78 is 5.43. The number of carbonyl (C=O) groups is 2. The molecule has 26 heavy (non-hydrogen) atoms. The molecule has 1 fully saturated rings. The van der Waals surface area contributed by atoms with E-state index in [0.29, 0.717) is 5.70 Å². The molecule has 132 valence electrons. The molecule has 0 radical (unpaired) electrons. The molecule has 3 rings (SSSR count). The zero-order chi connectivity index (χ0) is 18.4. The highest BCUT2D eigenvalue weighted by atomic mass is 16.5. The Hall–Kier alpha value is -3.34. The van der Waals surface area contributed by atoms with Crippen molar-refractivity contribution in [3.8, 4) is 0 Å². The Balaban J connectivity index is 1.72. The second kappa shape index (κ2) is 8.16. The van der Waals surface area contributed by atoms with E-state index in [1.165, 1.54) is 0 Å². The molecule has 1 saturated heterocycles. The van der Waals surface area contributed by atoms with Crippen molar-refractivity contribution in [1.29, 1.82) is 0 Å². The van der Waals surface area contributed by atoms with E-state index in [0.717, 1.165) is 11.1 Å². The number of hydrogen-bond acceptors (Lipinski definition) is 3. The van der Waals surface area contributed by atoms with Crippen LogP contribution >= 0.6 is 0 Å². The van der Waals surface area contributed by atoms with Crippen LogP contribution in [0.15, 0.2) is 79.0 Å². The number of hydrogen-bond donors (Lipinski definition) is 2. The molecule has 1 aliphatic rings. The first-order chi connectivity index (χ1) is 12.6. The molecule has 0 saturated carbocycles. The van der Waals surface area contributed by atoms with Crippen molar-refractivity contribution in [3.63, 3.8) is 0 Å². The lowest BCUT2D eigenvalue weighted by atomic mass is 9.93. The van der Waals surface area contributed by atoms with E-state index in [1.807, 2.05) is 66.7 Å². The summed E-state index contributed by atoms with van der Waals surface area (Å²) in [7, 11) is 0. The second-order valence-corrected chi connectivity index (χ2v) is 5.99. The zero-order valence-corrected chi connectivity index (χ0v) is 14.2. The highest BCUT2D eigenvalue weighted by Crippen LogP contribution is 2.20. The Bertz CT molecular complexity index is 816. The summed E-state index contributed by atoms with van der Waals surface area (Å²) in [6.45, 7) is 3.99. The quantitative estimate of drug-likeness (QED) is 0.815. The van der Waals surface area contributed by atoms with Crippen LogP contribution in [0.2, 0.25) is 0 Å². The third-order valence-corrected chi connectivity index (χ3v) is 4.08. The number of amides is 2. The van der Waals surface area contributed by atoms with E-state index in [9.17, 15) is 9.59 Å². The number of esters is 1. The molecule has 1 heterocycles. The van der Waals surface area contributed by atoms with Crippen LogP contribution in [0.4, 0.5) is 4.79 Å². The average molecular weight is 348 g/mol. The van der Waals surface area contributed by atoms with Gasteiger partial charge in [-0.05, 0) is 11.1 Å². The Labute approximate surface area is 152 Å². The van der Waals surface area contributed by atoms with E-state index in [2.05, 4.69) is 17.2 Å².